The maximum absolute atomic E-state index is 5.54. The summed E-state index contributed by atoms with van der Waals surface area (Å²) < 4.78 is 31.4. The predicted molar refractivity (Wildman–Crippen MR) is 52.4 cm³/mol. The summed E-state index contributed by atoms with van der Waals surface area (Å²) >= 11 is 0. The van der Waals surface area contributed by atoms with Crippen molar-refractivity contribution in [3.05, 3.63) is 12.0 Å². The molecular weight excluding hydrogens is 216 g/mol. The molecule has 3 atom stereocenters. The second kappa shape index (κ2) is 5.49. The lowest BCUT2D eigenvalue weighted by Gasteiger charge is -2.16. The van der Waals surface area contributed by atoms with Crippen LogP contribution in [0.15, 0.2) is 12.0 Å². The van der Waals surface area contributed by atoms with Gasteiger partial charge >= 0.3 is 0 Å². The van der Waals surface area contributed by atoms with Crippen molar-refractivity contribution >= 4 is 0 Å². The first kappa shape index (κ1) is 11.7. The van der Waals surface area contributed by atoms with Crippen molar-refractivity contribution in [3.8, 4) is 0 Å². The highest BCUT2D eigenvalue weighted by atomic mass is 16.7. The minimum Gasteiger partial charge on any atom is -0.488 e. The number of ether oxygens (including phenoxy) is 6. The molecule has 0 aromatic heterocycles. The van der Waals surface area contributed by atoms with E-state index < -0.39 is 0 Å². The van der Waals surface area contributed by atoms with Gasteiger partial charge in [-0.15, -0.1) is 0 Å². The molecule has 0 N–H and O–H groups in total. The summed E-state index contributed by atoms with van der Waals surface area (Å²) in [5.41, 5.74) is 0. The van der Waals surface area contributed by atoms with Crippen LogP contribution in [0.3, 0.4) is 0 Å². The molecule has 1 fully saturated rings. The van der Waals surface area contributed by atoms with E-state index in [4.69, 9.17) is 28.4 Å². The van der Waals surface area contributed by atoms with Gasteiger partial charge in [0.15, 0.2) is 24.8 Å². The third kappa shape index (κ3) is 2.30. The van der Waals surface area contributed by atoms with Gasteiger partial charge in [0, 0.05) is 14.2 Å². The van der Waals surface area contributed by atoms with Crippen molar-refractivity contribution in [1.82, 2.24) is 0 Å². The molecule has 0 aliphatic carbocycles. The fraction of sp³-hybridized carbons (Fsp3) is 0.800. The molecule has 6 nitrogen and oxygen atoms in total. The van der Waals surface area contributed by atoms with Crippen LogP contribution in [0.4, 0.5) is 0 Å². The lowest BCUT2D eigenvalue weighted by molar-refractivity contribution is -0.0980. The normalized spacial score (nSPS) is 32.1. The Morgan fingerprint density at radius 3 is 2.88 bits per heavy atom. The summed E-state index contributed by atoms with van der Waals surface area (Å²) in [6.45, 7) is 0.895. The summed E-state index contributed by atoms with van der Waals surface area (Å²) in [4.78, 5) is 0. The van der Waals surface area contributed by atoms with Gasteiger partial charge in [-0.3, -0.25) is 0 Å². The largest absolute Gasteiger partial charge is 0.488 e. The van der Waals surface area contributed by atoms with Crippen LogP contribution in [0.2, 0.25) is 0 Å². The van der Waals surface area contributed by atoms with E-state index in [1.165, 1.54) is 0 Å². The monoisotopic (exact) mass is 232 g/mol. The number of rotatable bonds is 6. The van der Waals surface area contributed by atoms with E-state index in [-0.39, 0.29) is 31.9 Å². The minimum atomic E-state index is -0.197. The van der Waals surface area contributed by atoms with E-state index in [0.29, 0.717) is 12.4 Å². The van der Waals surface area contributed by atoms with E-state index in [1.807, 2.05) is 0 Å². The zero-order valence-corrected chi connectivity index (χ0v) is 9.38. The molecule has 0 unspecified atom stereocenters. The van der Waals surface area contributed by atoms with Gasteiger partial charge in [0.25, 0.3) is 0 Å². The lowest BCUT2D eigenvalue weighted by atomic mass is 10.1. The van der Waals surface area contributed by atoms with Gasteiger partial charge in [-0.25, -0.2) is 0 Å². The van der Waals surface area contributed by atoms with Crippen molar-refractivity contribution in [2.24, 2.45) is 0 Å². The molecule has 0 spiro atoms. The SMILES string of the molecule is COCOC1=CO[C@@H]2[C@@H](OCOC)CO[C@H]12. The van der Waals surface area contributed by atoms with E-state index in [0.717, 1.165) is 0 Å². The third-order valence-electron chi connectivity index (χ3n) is 2.47. The molecule has 0 aromatic carbocycles. The Hall–Kier alpha value is -0.820. The predicted octanol–water partition coefficient (Wildman–Crippen LogP) is 0.235. The van der Waals surface area contributed by atoms with Gasteiger partial charge in [0.2, 0.25) is 0 Å². The van der Waals surface area contributed by atoms with Crippen LogP contribution >= 0.6 is 0 Å². The molecule has 6 heteroatoms. The molecule has 2 heterocycles. The summed E-state index contributed by atoms with van der Waals surface area (Å²) in [6, 6.07) is 0. The summed E-state index contributed by atoms with van der Waals surface area (Å²) in [5.74, 6) is 0.648. The first-order chi connectivity index (χ1) is 7.86. The van der Waals surface area contributed by atoms with E-state index in [9.17, 15) is 0 Å². The van der Waals surface area contributed by atoms with Gasteiger partial charge in [0.1, 0.15) is 19.2 Å². The Kier molecular flexibility index (Phi) is 4.00. The van der Waals surface area contributed by atoms with Crippen molar-refractivity contribution in [2.45, 2.75) is 18.3 Å². The average molecular weight is 232 g/mol. The van der Waals surface area contributed by atoms with Crippen molar-refractivity contribution < 1.29 is 28.4 Å². The quantitative estimate of drug-likeness (QED) is 0.611. The standard InChI is InChI=1S/C10H16O6/c1-11-5-15-7-3-13-10-8(16-6-12-2)4-14-9(7)10/h3,8-10H,4-6H2,1-2H3/t8-,9+,10+/m0/s1. The highest BCUT2D eigenvalue weighted by Crippen LogP contribution is 2.31. The fourth-order valence-electron chi connectivity index (χ4n) is 1.74. The maximum Gasteiger partial charge on any atom is 0.188 e. The van der Waals surface area contributed by atoms with Crippen molar-refractivity contribution in [1.29, 1.82) is 0 Å². The van der Waals surface area contributed by atoms with Crippen molar-refractivity contribution in [2.75, 3.05) is 34.4 Å². The van der Waals surface area contributed by atoms with Gasteiger partial charge < -0.3 is 28.4 Å². The maximum atomic E-state index is 5.54. The fourth-order valence-corrected chi connectivity index (χ4v) is 1.74. The molecule has 2 rings (SSSR count). The Bertz CT molecular complexity index is 254. The molecule has 0 saturated carbocycles. The highest BCUT2D eigenvalue weighted by Gasteiger charge is 2.46. The molecule has 0 bridgehead atoms. The first-order valence-corrected chi connectivity index (χ1v) is 5.06. The van der Waals surface area contributed by atoms with Crippen LogP contribution in [0.1, 0.15) is 0 Å². The van der Waals surface area contributed by atoms with Crippen LogP contribution in [-0.2, 0) is 28.4 Å². The van der Waals surface area contributed by atoms with Crippen LogP contribution in [0, 0.1) is 0 Å². The number of hydrogen-bond donors (Lipinski definition) is 0. The van der Waals surface area contributed by atoms with Gasteiger partial charge in [-0.05, 0) is 0 Å². The first-order valence-electron chi connectivity index (χ1n) is 5.06. The summed E-state index contributed by atoms with van der Waals surface area (Å²) in [6.07, 6.45) is 1.08. The molecule has 16 heavy (non-hydrogen) atoms. The molecule has 0 amide bonds. The zero-order valence-electron chi connectivity index (χ0n) is 9.38. The highest BCUT2D eigenvalue weighted by molar-refractivity contribution is 5.11. The van der Waals surface area contributed by atoms with E-state index >= 15 is 0 Å². The zero-order chi connectivity index (χ0) is 11.4. The molecule has 0 radical (unpaired) electrons. The van der Waals surface area contributed by atoms with Crippen LogP contribution in [0.25, 0.3) is 0 Å². The Labute approximate surface area is 94.0 Å². The van der Waals surface area contributed by atoms with Crippen molar-refractivity contribution in [3.63, 3.8) is 0 Å². The second-order valence-corrected chi connectivity index (χ2v) is 3.54. The van der Waals surface area contributed by atoms with Crippen LogP contribution < -0.4 is 0 Å². The van der Waals surface area contributed by atoms with Crippen LogP contribution in [0.5, 0.6) is 0 Å². The number of hydrogen-bond acceptors (Lipinski definition) is 6. The molecular formula is C10H16O6. The molecule has 92 valence electrons. The Morgan fingerprint density at radius 2 is 2.12 bits per heavy atom. The van der Waals surface area contributed by atoms with E-state index in [1.54, 1.807) is 20.5 Å². The number of fused-ring (bicyclic) bond motifs is 1. The molecule has 2 aliphatic rings. The lowest BCUT2D eigenvalue weighted by Crippen LogP contribution is -2.32. The third-order valence-corrected chi connectivity index (χ3v) is 2.47. The van der Waals surface area contributed by atoms with Gasteiger partial charge in [0.05, 0.1) is 6.61 Å². The minimum absolute atomic E-state index is 0.121. The molecule has 2 aliphatic heterocycles. The summed E-state index contributed by atoms with van der Waals surface area (Å²) in [5, 5.41) is 0. The Morgan fingerprint density at radius 1 is 1.31 bits per heavy atom. The smallest absolute Gasteiger partial charge is 0.188 e. The molecule has 1 saturated heterocycles. The topological polar surface area (TPSA) is 55.4 Å². The average Bonchev–Trinajstić information content (AvgIpc) is 2.86. The summed E-state index contributed by atoms with van der Waals surface area (Å²) in [7, 11) is 3.14. The molecule has 0 aromatic rings. The van der Waals surface area contributed by atoms with Gasteiger partial charge in [-0.1, -0.05) is 0 Å². The van der Waals surface area contributed by atoms with Gasteiger partial charge in [-0.2, -0.15) is 0 Å². The number of methoxy groups -OCH3 is 2. The second-order valence-electron chi connectivity index (χ2n) is 3.54. The Balaban J connectivity index is 1.83. The van der Waals surface area contributed by atoms with Crippen LogP contribution in [-0.4, -0.2) is 52.7 Å². The van der Waals surface area contributed by atoms with E-state index in [2.05, 4.69) is 0 Å².